The molecule has 2 aromatic carbocycles. The smallest absolute Gasteiger partial charge is 0.262 e. The average molecular weight is 397 g/mol. The number of nitrogens with zero attached hydrogens (tertiary/aromatic N) is 1. The van der Waals surface area contributed by atoms with E-state index in [4.69, 9.17) is 21.1 Å². The fourth-order valence-electron chi connectivity index (χ4n) is 2.32. The summed E-state index contributed by atoms with van der Waals surface area (Å²) >= 11 is 5.89. The van der Waals surface area contributed by atoms with Crippen LogP contribution in [0.3, 0.4) is 0 Å². The third-order valence-corrected chi connectivity index (χ3v) is 3.91. The van der Waals surface area contributed by atoms with E-state index in [1.54, 1.807) is 36.4 Å². The molecule has 0 spiro atoms. The van der Waals surface area contributed by atoms with E-state index in [0.717, 1.165) is 5.56 Å². The Hall–Kier alpha value is -3.23. The van der Waals surface area contributed by atoms with Gasteiger partial charge in [-0.15, -0.1) is 6.58 Å². The topological polar surface area (TPSA) is 71.4 Å². The third-order valence-electron chi connectivity index (χ3n) is 3.66. The molecule has 144 valence electrons. The maximum Gasteiger partial charge on any atom is 0.262 e. The molecular formula is C22H21ClN2O3. The first-order chi connectivity index (χ1) is 13.6. The van der Waals surface area contributed by atoms with E-state index in [1.807, 2.05) is 25.1 Å². The Balaban J connectivity index is 2.19. The van der Waals surface area contributed by atoms with Crippen LogP contribution in [0.25, 0.3) is 6.08 Å². The molecule has 0 atom stereocenters. The van der Waals surface area contributed by atoms with Crippen LogP contribution in [-0.2, 0) is 11.4 Å². The van der Waals surface area contributed by atoms with Gasteiger partial charge < -0.3 is 14.8 Å². The van der Waals surface area contributed by atoms with Crippen LogP contribution in [-0.4, -0.2) is 19.1 Å². The summed E-state index contributed by atoms with van der Waals surface area (Å²) in [6.45, 7) is 6.51. The first-order valence-electron chi connectivity index (χ1n) is 8.72. The van der Waals surface area contributed by atoms with Gasteiger partial charge in [-0.1, -0.05) is 35.9 Å². The van der Waals surface area contributed by atoms with Crippen LogP contribution in [0.15, 0.2) is 60.7 Å². The zero-order chi connectivity index (χ0) is 20.4. The van der Waals surface area contributed by atoms with E-state index < -0.39 is 5.91 Å². The Morgan fingerprint density at radius 2 is 1.96 bits per heavy atom. The average Bonchev–Trinajstić information content (AvgIpc) is 2.71. The second-order valence-electron chi connectivity index (χ2n) is 5.72. The lowest BCUT2D eigenvalue weighted by Gasteiger charge is -2.13. The van der Waals surface area contributed by atoms with Crippen LogP contribution in [0.2, 0.25) is 5.02 Å². The number of ether oxygens (including phenoxy) is 2. The van der Waals surface area contributed by atoms with Gasteiger partial charge in [-0.3, -0.25) is 4.79 Å². The number of rotatable bonds is 9. The lowest BCUT2D eigenvalue weighted by molar-refractivity contribution is -0.116. The fourth-order valence-corrected chi connectivity index (χ4v) is 2.45. The van der Waals surface area contributed by atoms with Gasteiger partial charge in [0.1, 0.15) is 18.2 Å². The van der Waals surface area contributed by atoms with Gasteiger partial charge in [0.2, 0.25) is 0 Å². The molecule has 0 saturated heterocycles. The van der Waals surface area contributed by atoms with Crippen molar-refractivity contribution < 1.29 is 14.3 Å². The molecule has 6 heteroatoms. The lowest BCUT2D eigenvalue weighted by atomic mass is 10.1. The minimum absolute atomic E-state index is 0.000805. The van der Waals surface area contributed by atoms with Crippen molar-refractivity contribution in [2.24, 2.45) is 0 Å². The van der Waals surface area contributed by atoms with Gasteiger partial charge in [0.15, 0.2) is 11.5 Å². The van der Waals surface area contributed by atoms with Crippen molar-refractivity contribution in [2.45, 2.75) is 13.5 Å². The van der Waals surface area contributed by atoms with E-state index >= 15 is 0 Å². The number of hydrogen-bond acceptors (Lipinski definition) is 4. The minimum Gasteiger partial charge on any atom is -0.490 e. The van der Waals surface area contributed by atoms with Crippen molar-refractivity contribution in [3.8, 4) is 17.6 Å². The third kappa shape index (κ3) is 6.19. The van der Waals surface area contributed by atoms with Gasteiger partial charge >= 0.3 is 0 Å². The maximum absolute atomic E-state index is 12.0. The monoisotopic (exact) mass is 396 g/mol. The van der Waals surface area contributed by atoms with Crippen molar-refractivity contribution in [2.75, 3.05) is 13.2 Å². The van der Waals surface area contributed by atoms with Crippen LogP contribution in [0.4, 0.5) is 0 Å². The lowest BCUT2D eigenvalue weighted by Crippen LogP contribution is -2.24. The summed E-state index contributed by atoms with van der Waals surface area (Å²) in [4.78, 5) is 12.0. The van der Waals surface area contributed by atoms with E-state index in [-0.39, 0.29) is 5.57 Å². The molecule has 1 amide bonds. The first-order valence-corrected chi connectivity index (χ1v) is 9.10. The fraction of sp³-hybridized carbons (Fsp3) is 0.182. The van der Waals surface area contributed by atoms with E-state index in [9.17, 15) is 10.1 Å². The highest BCUT2D eigenvalue weighted by Gasteiger charge is 2.10. The molecular weight excluding hydrogens is 376 g/mol. The van der Waals surface area contributed by atoms with Crippen LogP contribution in [0, 0.1) is 11.3 Å². The highest BCUT2D eigenvalue weighted by atomic mass is 35.5. The Morgan fingerprint density at radius 3 is 2.61 bits per heavy atom. The molecule has 28 heavy (non-hydrogen) atoms. The van der Waals surface area contributed by atoms with Crippen molar-refractivity contribution in [1.82, 2.24) is 5.32 Å². The SMILES string of the molecule is C=CCNC(=O)/C(C#N)=C/c1ccc(OCc2ccc(Cl)cc2)c(OCC)c1. The molecule has 0 radical (unpaired) electrons. The van der Waals surface area contributed by atoms with Gasteiger partial charge in [0, 0.05) is 11.6 Å². The number of benzene rings is 2. The van der Waals surface area contributed by atoms with Crippen molar-refractivity contribution >= 4 is 23.6 Å². The highest BCUT2D eigenvalue weighted by molar-refractivity contribution is 6.30. The zero-order valence-corrected chi connectivity index (χ0v) is 16.3. The molecule has 0 bridgehead atoms. The van der Waals surface area contributed by atoms with Crippen LogP contribution >= 0.6 is 11.6 Å². The predicted molar refractivity (Wildman–Crippen MR) is 110 cm³/mol. The normalized spacial score (nSPS) is 10.7. The molecule has 0 saturated carbocycles. The first kappa shape index (κ1) is 21.1. The molecule has 0 heterocycles. The molecule has 2 aromatic rings. The molecule has 0 fully saturated rings. The summed E-state index contributed by atoms with van der Waals surface area (Å²) in [5.41, 5.74) is 1.63. The van der Waals surface area contributed by atoms with Gasteiger partial charge in [0.05, 0.1) is 6.61 Å². The molecule has 2 rings (SSSR count). The molecule has 0 aliphatic rings. The van der Waals surface area contributed by atoms with E-state index in [0.29, 0.717) is 41.8 Å². The molecule has 0 unspecified atom stereocenters. The Kier molecular flexibility index (Phi) is 8.13. The maximum atomic E-state index is 12.0. The summed E-state index contributed by atoms with van der Waals surface area (Å²) in [5, 5.41) is 12.5. The summed E-state index contributed by atoms with van der Waals surface area (Å²) in [7, 11) is 0. The van der Waals surface area contributed by atoms with Gasteiger partial charge in [-0.2, -0.15) is 5.26 Å². The second kappa shape index (κ2) is 10.8. The van der Waals surface area contributed by atoms with Crippen molar-refractivity contribution in [3.05, 3.63) is 76.8 Å². The summed E-state index contributed by atoms with van der Waals surface area (Å²) in [6.07, 6.45) is 3.05. The Bertz CT molecular complexity index is 899. The quantitative estimate of drug-likeness (QED) is 0.384. The zero-order valence-electron chi connectivity index (χ0n) is 15.6. The number of nitrogens with one attached hydrogen (secondary N) is 1. The largest absolute Gasteiger partial charge is 0.490 e. The minimum atomic E-state index is -0.455. The van der Waals surface area contributed by atoms with E-state index in [2.05, 4.69) is 11.9 Å². The number of carbonyl (C=O) groups excluding carboxylic acids is 1. The summed E-state index contributed by atoms with van der Waals surface area (Å²) in [5.74, 6) is 0.654. The molecule has 5 nitrogen and oxygen atoms in total. The predicted octanol–water partition coefficient (Wildman–Crippen LogP) is 4.53. The Morgan fingerprint density at radius 1 is 1.21 bits per heavy atom. The van der Waals surface area contributed by atoms with E-state index in [1.165, 1.54) is 6.08 Å². The van der Waals surface area contributed by atoms with Crippen molar-refractivity contribution in [1.29, 1.82) is 5.26 Å². The van der Waals surface area contributed by atoms with Crippen molar-refractivity contribution in [3.63, 3.8) is 0 Å². The standard InChI is InChI=1S/C22H21ClN2O3/c1-3-11-25-22(26)18(14-24)12-17-7-10-20(21(13-17)27-4-2)28-15-16-5-8-19(23)9-6-16/h3,5-10,12-13H,1,4,11,15H2,2H3,(H,25,26)/b18-12+. The van der Waals surface area contributed by atoms with Gasteiger partial charge in [0.25, 0.3) is 5.91 Å². The highest BCUT2D eigenvalue weighted by Crippen LogP contribution is 2.30. The van der Waals surface area contributed by atoms with Crippen LogP contribution < -0.4 is 14.8 Å². The molecule has 1 N–H and O–H groups in total. The number of nitriles is 1. The summed E-state index contributed by atoms with van der Waals surface area (Å²) in [6, 6.07) is 14.5. The second-order valence-corrected chi connectivity index (χ2v) is 6.16. The number of carbonyl (C=O) groups is 1. The number of hydrogen-bond donors (Lipinski definition) is 1. The Labute approximate surface area is 169 Å². The van der Waals surface area contributed by atoms with Gasteiger partial charge in [-0.05, 0) is 48.4 Å². The van der Waals surface area contributed by atoms with Gasteiger partial charge in [-0.25, -0.2) is 0 Å². The molecule has 0 aromatic heterocycles. The molecule has 0 aliphatic carbocycles. The number of halogens is 1. The molecule has 0 aliphatic heterocycles. The summed E-state index contributed by atoms with van der Waals surface area (Å²) < 4.78 is 11.5. The van der Waals surface area contributed by atoms with Crippen LogP contribution in [0.1, 0.15) is 18.1 Å². The number of amides is 1. The van der Waals surface area contributed by atoms with Crippen LogP contribution in [0.5, 0.6) is 11.5 Å².